The van der Waals surface area contributed by atoms with Crippen molar-refractivity contribution in [1.29, 1.82) is 0 Å². The smallest absolute Gasteiger partial charge is 0.334 e. The molecule has 1 aromatic heterocycles. The van der Waals surface area contributed by atoms with Crippen molar-refractivity contribution in [3.63, 3.8) is 0 Å². The average Bonchev–Trinajstić information content (AvgIpc) is 3.43. The van der Waals surface area contributed by atoms with Crippen molar-refractivity contribution in [3.05, 3.63) is 70.5 Å². The Bertz CT molecular complexity index is 1110. The fourth-order valence-corrected chi connectivity index (χ4v) is 3.71. The van der Waals surface area contributed by atoms with Crippen molar-refractivity contribution in [2.24, 2.45) is 0 Å². The number of hydrogen-bond donors (Lipinski definition) is 0. The molecule has 2 heterocycles. The molecular weight excluding hydrogens is 448 g/mol. The van der Waals surface area contributed by atoms with Gasteiger partial charge in [-0.05, 0) is 67.4 Å². The molecule has 0 spiro atoms. The van der Waals surface area contributed by atoms with E-state index in [1.807, 2.05) is 24.3 Å². The summed E-state index contributed by atoms with van der Waals surface area (Å²) in [5, 5.41) is 3.79. The Morgan fingerprint density at radius 2 is 1.52 bits per heavy atom. The van der Waals surface area contributed by atoms with Gasteiger partial charge in [0.15, 0.2) is 5.82 Å². The van der Waals surface area contributed by atoms with Crippen LogP contribution in [-0.4, -0.2) is 28.1 Å². The summed E-state index contributed by atoms with van der Waals surface area (Å²) in [6.45, 7) is 2.72. The second-order valence-corrected chi connectivity index (χ2v) is 7.77. The predicted octanol–water partition coefficient (Wildman–Crippen LogP) is 6.54. The summed E-state index contributed by atoms with van der Waals surface area (Å²) in [6.07, 6.45) is -5.24. The largest absolute Gasteiger partial charge is 0.416 e. The Kier molecular flexibility index (Phi) is 6.29. The molecule has 3 aromatic rings. The first-order chi connectivity index (χ1) is 15.6. The first-order valence-electron chi connectivity index (χ1n) is 10.2. The van der Waals surface area contributed by atoms with Crippen LogP contribution in [0.15, 0.2) is 47.0 Å². The lowest BCUT2D eigenvalue weighted by Crippen LogP contribution is -2.18. The van der Waals surface area contributed by atoms with Gasteiger partial charge in [-0.15, -0.1) is 0 Å². The molecule has 0 N–H and O–H groups in total. The first kappa shape index (κ1) is 23.0. The summed E-state index contributed by atoms with van der Waals surface area (Å²) in [5.41, 5.74) is -1.33. The number of halogens is 6. The minimum Gasteiger partial charge on any atom is -0.334 e. The minimum atomic E-state index is -4.91. The SMILES string of the molecule is FC(F)(F)c1cc(C=Cc2noc(-c3ccccc3CN3CCCC3)n2)cc(C(F)(F)F)c1. The number of benzene rings is 2. The van der Waals surface area contributed by atoms with Gasteiger partial charge in [0.05, 0.1) is 11.1 Å². The predicted molar refractivity (Wildman–Crippen MR) is 110 cm³/mol. The van der Waals surface area contributed by atoms with E-state index >= 15 is 0 Å². The Labute approximate surface area is 185 Å². The highest BCUT2D eigenvalue weighted by Crippen LogP contribution is 2.36. The lowest BCUT2D eigenvalue weighted by atomic mass is 10.0. The van der Waals surface area contributed by atoms with Crippen molar-refractivity contribution in [2.45, 2.75) is 31.7 Å². The number of aromatic nitrogens is 2. The zero-order chi connectivity index (χ0) is 23.6. The average molecular weight is 467 g/mol. The topological polar surface area (TPSA) is 42.2 Å². The summed E-state index contributed by atoms with van der Waals surface area (Å²) in [5.74, 6) is 0.261. The van der Waals surface area contributed by atoms with Gasteiger partial charge in [0.25, 0.3) is 5.89 Å². The number of alkyl halides is 6. The summed E-state index contributed by atoms with van der Waals surface area (Å²) in [6, 6.07) is 8.86. The van der Waals surface area contributed by atoms with Gasteiger partial charge >= 0.3 is 12.4 Å². The zero-order valence-electron chi connectivity index (χ0n) is 17.2. The summed E-state index contributed by atoms with van der Waals surface area (Å²) in [4.78, 5) is 6.55. The second kappa shape index (κ2) is 9.01. The van der Waals surface area contributed by atoms with E-state index in [4.69, 9.17) is 4.52 Å². The van der Waals surface area contributed by atoms with Crippen LogP contribution in [0.3, 0.4) is 0 Å². The van der Waals surface area contributed by atoms with E-state index < -0.39 is 23.5 Å². The van der Waals surface area contributed by atoms with E-state index in [1.165, 1.54) is 6.08 Å². The van der Waals surface area contributed by atoms with E-state index in [0.717, 1.165) is 43.1 Å². The highest BCUT2D eigenvalue weighted by atomic mass is 19.4. The van der Waals surface area contributed by atoms with Gasteiger partial charge in [-0.1, -0.05) is 29.4 Å². The molecule has 174 valence electrons. The number of likely N-dealkylation sites (tertiary alicyclic amines) is 1. The molecule has 10 heteroatoms. The molecule has 0 radical (unpaired) electrons. The van der Waals surface area contributed by atoms with Crippen LogP contribution in [0.2, 0.25) is 0 Å². The van der Waals surface area contributed by atoms with Gasteiger partial charge in [-0.2, -0.15) is 31.3 Å². The number of rotatable bonds is 5. The molecule has 0 saturated carbocycles. The van der Waals surface area contributed by atoms with Gasteiger partial charge in [0, 0.05) is 12.1 Å². The van der Waals surface area contributed by atoms with E-state index in [-0.39, 0.29) is 23.3 Å². The fraction of sp³-hybridized carbons (Fsp3) is 0.304. The summed E-state index contributed by atoms with van der Waals surface area (Å²) >= 11 is 0. The molecule has 1 aliphatic rings. The van der Waals surface area contributed by atoms with Crippen molar-refractivity contribution in [3.8, 4) is 11.5 Å². The van der Waals surface area contributed by atoms with Crippen molar-refractivity contribution in [1.82, 2.24) is 15.0 Å². The quantitative estimate of drug-likeness (QED) is 0.400. The molecule has 4 nitrogen and oxygen atoms in total. The molecule has 1 fully saturated rings. The monoisotopic (exact) mass is 467 g/mol. The molecule has 4 rings (SSSR count). The van der Waals surface area contributed by atoms with Crippen LogP contribution >= 0.6 is 0 Å². The third kappa shape index (κ3) is 5.62. The Morgan fingerprint density at radius 1 is 0.879 bits per heavy atom. The third-order valence-electron chi connectivity index (χ3n) is 5.32. The molecular formula is C23H19F6N3O. The second-order valence-electron chi connectivity index (χ2n) is 7.77. The molecule has 0 amide bonds. The molecule has 1 saturated heterocycles. The first-order valence-corrected chi connectivity index (χ1v) is 10.2. The summed E-state index contributed by atoms with van der Waals surface area (Å²) < 4.78 is 83.5. The minimum absolute atomic E-state index is 0.0342. The Morgan fingerprint density at radius 3 is 2.15 bits per heavy atom. The standard InChI is InChI=1S/C23H19F6N3O/c24-22(25,26)17-11-15(12-18(13-17)23(27,28)29)7-8-20-30-21(33-31-20)19-6-2-1-5-16(19)14-32-9-3-4-10-32/h1-2,5-8,11-13H,3-4,9-10,14H2. The highest BCUT2D eigenvalue weighted by molar-refractivity contribution is 5.68. The van der Waals surface area contributed by atoms with E-state index in [1.54, 1.807) is 0 Å². The maximum atomic E-state index is 13.0. The van der Waals surface area contributed by atoms with E-state index in [0.29, 0.717) is 18.7 Å². The van der Waals surface area contributed by atoms with Crippen LogP contribution in [-0.2, 0) is 18.9 Å². The van der Waals surface area contributed by atoms with Crippen LogP contribution in [0.25, 0.3) is 23.6 Å². The molecule has 0 unspecified atom stereocenters. The fourth-order valence-electron chi connectivity index (χ4n) is 3.71. The van der Waals surface area contributed by atoms with Crippen molar-refractivity contribution in [2.75, 3.05) is 13.1 Å². The lowest BCUT2D eigenvalue weighted by molar-refractivity contribution is -0.143. The molecule has 33 heavy (non-hydrogen) atoms. The van der Waals surface area contributed by atoms with E-state index in [2.05, 4.69) is 15.0 Å². The molecule has 2 aromatic carbocycles. The van der Waals surface area contributed by atoms with Crippen LogP contribution < -0.4 is 0 Å². The van der Waals surface area contributed by atoms with E-state index in [9.17, 15) is 26.3 Å². The van der Waals surface area contributed by atoms with Gasteiger partial charge in [0.2, 0.25) is 0 Å². The van der Waals surface area contributed by atoms with Gasteiger partial charge in [-0.3, -0.25) is 4.90 Å². The van der Waals surface area contributed by atoms with Gasteiger partial charge in [0.1, 0.15) is 0 Å². The van der Waals surface area contributed by atoms with Crippen LogP contribution in [0.4, 0.5) is 26.3 Å². The van der Waals surface area contributed by atoms with Crippen LogP contribution in [0, 0.1) is 0 Å². The molecule has 0 aliphatic carbocycles. The zero-order valence-corrected chi connectivity index (χ0v) is 17.2. The molecule has 1 aliphatic heterocycles. The van der Waals surface area contributed by atoms with Gasteiger partial charge < -0.3 is 4.52 Å². The Balaban J connectivity index is 1.59. The summed E-state index contributed by atoms with van der Waals surface area (Å²) in [7, 11) is 0. The van der Waals surface area contributed by atoms with Crippen LogP contribution in [0.5, 0.6) is 0 Å². The number of hydrogen-bond acceptors (Lipinski definition) is 4. The third-order valence-corrected chi connectivity index (χ3v) is 5.32. The van der Waals surface area contributed by atoms with Gasteiger partial charge in [-0.25, -0.2) is 0 Å². The van der Waals surface area contributed by atoms with Crippen molar-refractivity contribution < 1.29 is 30.9 Å². The normalized spacial score (nSPS) is 15.6. The number of nitrogens with zero attached hydrogens (tertiary/aromatic N) is 3. The molecule has 0 atom stereocenters. The van der Waals surface area contributed by atoms with Crippen molar-refractivity contribution >= 4 is 12.2 Å². The molecule has 0 bridgehead atoms. The van der Waals surface area contributed by atoms with Crippen LogP contribution in [0.1, 0.15) is 40.9 Å². The highest BCUT2D eigenvalue weighted by Gasteiger charge is 2.36. The lowest BCUT2D eigenvalue weighted by Gasteiger charge is -2.16. The maximum absolute atomic E-state index is 13.0. The Hall–Kier alpha value is -3.14. The maximum Gasteiger partial charge on any atom is 0.416 e.